The van der Waals surface area contributed by atoms with Crippen LogP contribution >= 0.6 is 0 Å². The number of carbonyl (C=O) groups is 1. The Kier molecular flexibility index (Phi) is 4.98. The zero-order valence-electron chi connectivity index (χ0n) is 13.1. The van der Waals surface area contributed by atoms with E-state index in [1.54, 1.807) is 7.11 Å². The largest absolute Gasteiger partial charge is 0.371 e. The molecule has 102 valence electrons. The summed E-state index contributed by atoms with van der Waals surface area (Å²) in [5.74, 6) is 0.236. The van der Waals surface area contributed by atoms with Crippen LogP contribution in [0.4, 0.5) is 0 Å². The first-order valence-electron chi connectivity index (χ1n) is 6.41. The van der Waals surface area contributed by atoms with Crippen molar-refractivity contribution in [2.24, 2.45) is 16.7 Å². The Labute approximate surface area is 107 Å². The van der Waals surface area contributed by atoms with Crippen molar-refractivity contribution in [3.8, 4) is 0 Å². The van der Waals surface area contributed by atoms with Crippen LogP contribution in [0.25, 0.3) is 0 Å². The van der Waals surface area contributed by atoms with Crippen LogP contribution in [0.2, 0.25) is 0 Å². The smallest absolute Gasteiger partial charge is 0.167 e. The van der Waals surface area contributed by atoms with Crippen molar-refractivity contribution in [1.82, 2.24) is 0 Å². The summed E-state index contributed by atoms with van der Waals surface area (Å²) in [4.78, 5) is 12.6. The van der Waals surface area contributed by atoms with E-state index >= 15 is 0 Å². The maximum Gasteiger partial charge on any atom is 0.167 e. The number of carbonyl (C=O) groups excluding carboxylic acids is 1. The lowest BCUT2D eigenvalue weighted by Crippen LogP contribution is -2.44. The molecule has 0 fully saturated rings. The molecule has 0 aromatic carbocycles. The van der Waals surface area contributed by atoms with Gasteiger partial charge in [-0.1, -0.05) is 41.5 Å². The summed E-state index contributed by atoms with van der Waals surface area (Å²) in [5, 5.41) is 0. The molecule has 0 aliphatic carbocycles. The van der Waals surface area contributed by atoms with Gasteiger partial charge in [-0.3, -0.25) is 4.79 Å². The van der Waals surface area contributed by atoms with E-state index in [1.807, 2.05) is 13.8 Å². The molecule has 0 bridgehead atoms. The standard InChI is InChI=1S/C15H30O2/c1-13(2,3)10-11(14(4,5)6)12(16)15(7,8)17-9/h11H,10H2,1-9H3. The second-order valence-corrected chi connectivity index (χ2v) is 7.76. The molecule has 2 heteroatoms. The van der Waals surface area contributed by atoms with Gasteiger partial charge in [0.05, 0.1) is 0 Å². The summed E-state index contributed by atoms with van der Waals surface area (Å²) in [6.45, 7) is 16.6. The van der Waals surface area contributed by atoms with E-state index in [1.165, 1.54) is 0 Å². The molecule has 0 spiro atoms. The van der Waals surface area contributed by atoms with Crippen molar-refractivity contribution >= 4 is 5.78 Å². The average Bonchev–Trinajstić information content (AvgIpc) is 2.10. The normalized spacial score (nSPS) is 15.8. The van der Waals surface area contributed by atoms with E-state index < -0.39 is 5.60 Å². The molecule has 0 saturated heterocycles. The quantitative estimate of drug-likeness (QED) is 0.742. The second kappa shape index (κ2) is 5.09. The van der Waals surface area contributed by atoms with Crippen LogP contribution in [-0.4, -0.2) is 18.5 Å². The second-order valence-electron chi connectivity index (χ2n) is 7.76. The van der Waals surface area contributed by atoms with Crippen LogP contribution in [0.15, 0.2) is 0 Å². The third-order valence-electron chi connectivity index (χ3n) is 3.28. The van der Waals surface area contributed by atoms with E-state index in [0.29, 0.717) is 0 Å². The summed E-state index contributed by atoms with van der Waals surface area (Å²) < 4.78 is 5.34. The van der Waals surface area contributed by atoms with Gasteiger partial charge in [-0.25, -0.2) is 0 Å². The van der Waals surface area contributed by atoms with E-state index in [4.69, 9.17) is 4.74 Å². The highest BCUT2D eigenvalue weighted by atomic mass is 16.5. The molecule has 0 N–H and O–H groups in total. The van der Waals surface area contributed by atoms with Gasteiger partial charge in [-0.05, 0) is 31.1 Å². The Hall–Kier alpha value is -0.370. The summed E-state index contributed by atoms with van der Waals surface area (Å²) in [7, 11) is 1.61. The van der Waals surface area contributed by atoms with Gasteiger partial charge in [0.25, 0.3) is 0 Å². The highest BCUT2D eigenvalue weighted by molar-refractivity contribution is 5.89. The highest BCUT2D eigenvalue weighted by Crippen LogP contribution is 2.39. The van der Waals surface area contributed by atoms with Gasteiger partial charge in [0.15, 0.2) is 5.78 Å². The maximum atomic E-state index is 12.6. The molecule has 0 saturated carbocycles. The molecule has 17 heavy (non-hydrogen) atoms. The molecule has 0 radical (unpaired) electrons. The first kappa shape index (κ1) is 16.6. The molecule has 2 nitrogen and oxygen atoms in total. The fourth-order valence-electron chi connectivity index (χ4n) is 1.92. The number of ether oxygens (including phenoxy) is 1. The van der Waals surface area contributed by atoms with Crippen LogP contribution in [0.3, 0.4) is 0 Å². The molecule has 0 amide bonds. The Morgan fingerprint density at radius 2 is 1.41 bits per heavy atom. The summed E-state index contributed by atoms with van der Waals surface area (Å²) in [6, 6.07) is 0. The summed E-state index contributed by atoms with van der Waals surface area (Å²) >= 11 is 0. The Balaban J connectivity index is 5.16. The highest BCUT2D eigenvalue weighted by Gasteiger charge is 2.41. The molecule has 0 aliphatic rings. The van der Waals surface area contributed by atoms with Crippen LogP contribution < -0.4 is 0 Å². The Morgan fingerprint density at radius 3 is 1.65 bits per heavy atom. The van der Waals surface area contributed by atoms with Crippen molar-refractivity contribution in [3.63, 3.8) is 0 Å². The molecular weight excluding hydrogens is 212 g/mol. The van der Waals surface area contributed by atoms with Gasteiger partial charge in [0, 0.05) is 13.0 Å². The van der Waals surface area contributed by atoms with Crippen LogP contribution in [0, 0.1) is 16.7 Å². The number of rotatable bonds is 4. The number of ketones is 1. The van der Waals surface area contributed by atoms with Gasteiger partial charge in [-0.15, -0.1) is 0 Å². The number of hydrogen-bond donors (Lipinski definition) is 0. The maximum absolute atomic E-state index is 12.6. The van der Waals surface area contributed by atoms with Crippen LogP contribution in [-0.2, 0) is 9.53 Å². The minimum absolute atomic E-state index is 0.0254. The van der Waals surface area contributed by atoms with Gasteiger partial charge < -0.3 is 4.74 Å². The SMILES string of the molecule is COC(C)(C)C(=O)C(CC(C)(C)C)C(C)(C)C. The van der Waals surface area contributed by atoms with E-state index in [9.17, 15) is 4.79 Å². The topological polar surface area (TPSA) is 26.3 Å². The zero-order valence-corrected chi connectivity index (χ0v) is 13.1. The molecule has 0 heterocycles. The van der Waals surface area contributed by atoms with Crippen molar-refractivity contribution < 1.29 is 9.53 Å². The number of hydrogen-bond acceptors (Lipinski definition) is 2. The third kappa shape index (κ3) is 5.20. The van der Waals surface area contributed by atoms with Crippen molar-refractivity contribution in [2.45, 2.75) is 67.4 Å². The van der Waals surface area contributed by atoms with E-state index in [0.717, 1.165) is 6.42 Å². The molecular formula is C15H30O2. The summed E-state index contributed by atoms with van der Waals surface area (Å²) in [6.07, 6.45) is 0.891. The first-order valence-corrected chi connectivity index (χ1v) is 6.41. The fourth-order valence-corrected chi connectivity index (χ4v) is 1.92. The lowest BCUT2D eigenvalue weighted by atomic mass is 9.67. The molecule has 0 aromatic heterocycles. The Morgan fingerprint density at radius 1 is 1.00 bits per heavy atom. The van der Waals surface area contributed by atoms with E-state index in [-0.39, 0.29) is 22.5 Å². The minimum Gasteiger partial charge on any atom is -0.371 e. The van der Waals surface area contributed by atoms with Crippen molar-refractivity contribution in [3.05, 3.63) is 0 Å². The summed E-state index contributed by atoms with van der Waals surface area (Å²) in [5.41, 5.74) is -0.569. The molecule has 1 atom stereocenters. The molecule has 0 aliphatic heterocycles. The molecule has 1 unspecified atom stereocenters. The predicted octanol–water partition coefficient (Wildman–Crippen LogP) is 4.08. The van der Waals surface area contributed by atoms with Crippen molar-refractivity contribution in [1.29, 1.82) is 0 Å². The average molecular weight is 242 g/mol. The fraction of sp³-hybridized carbons (Fsp3) is 0.933. The van der Waals surface area contributed by atoms with Crippen LogP contribution in [0.5, 0.6) is 0 Å². The van der Waals surface area contributed by atoms with Crippen LogP contribution in [0.1, 0.15) is 61.8 Å². The number of methoxy groups -OCH3 is 1. The monoisotopic (exact) mass is 242 g/mol. The van der Waals surface area contributed by atoms with E-state index in [2.05, 4.69) is 41.5 Å². The first-order chi connectivity index (χ1) is 7.31. The van der Waals surface area contributed by atoms with Gasteiger partial charge in [0.1, 0.15) is 5.60 Å². The predicted molar refractivity (Wildman–Crippen MR) is 73.1 cm³/mol. The zero-order chi connectivity index (χ0) is 14.1. The minimum atomic E-state index is -0.691. The Bertz CT molecular complexity index is 264. The lowest BCUT2D eigenvalue weighted by molar-refractivity contribution is -0.146. The van der Waals surface area contributed by atoms with Crippen molar-refractivity contribution in [2.75, 3.05) is 7.11 Å². The van der Waals surface area contributed by atoms with Gasteiger partial charge in [0.2, 0.25) is 0 Å². The lowest BCUT2D eigenvalue weighted by Gasteiger charge is -2.38. The third-order valence-corrected chi connectivity index (χ3v) is 3.28. The molecule has 0 rings (SSSR count). The number of Topliss-reactive ketones (excluding diaryl/α,β-unsaturated/α-hetero) is 1. The van der Waals surface area contributed by atoms with Gasteiger partial charge >= 0.3 is 0 Å². The molecule has 0 aromatic rings. The van der Waals surface area contributed by atoms with Gasteiger partial charge in [-0.2, -0.15) is 0 Å².